The van der Waals surface area contributed by atoms with Crippen molar-refractivity contribution in [3.63, 3.8) is 0 Å². The van der Waals surface area contributed by atoms with Crippen LogP contribution >= 0.6 is 0 Å². The van der Waals surface area contributed by atoms with Gasteiger partial charge in [0.25, 0.3) is 0 Å². The van der Waals surface area contributed by atoms with Gasteiger partial charge in [-0.3, -0.25) is 0 Å². The van der Waals surface area contributed by atoms with Crippen molar-refractivity contribution in [1.29, 1.82) is 5.26 Å². The Labute approximate surface area is 200 Å². The predicted molar refractivity (Wildman–Crippen MR) is 121 cm³/mol. The Hall–Kier alpha value is -1.62. The molecule has 1 saturated heterocycles. The minimum Gasteiger partial charge on any atom is -0.462 e. The van der Waals surface area contributed by atoms with E-state index in [-0.39, 0.29) is 25.3 Å². The zero-order chi connectivity index (χ0) is 26.2. The largest absolute Gasteiger partial charge is 0.462 e. The van der Waals surface area contributed by atoms with Gasteiger partial charge in [-0.2, -0.15) is 5.26 Å². The van der Waals surface area contributed by atoms with Crippen molar-refractivity contribution in [3.8, 4) is 6.07 Å². The van der Waals surface area contributed by atoms with Gasteiger partial charge in [-0.15, -0.1) is 0 Å². The Kier molecular flexibility index (Phi) is 11.5. The first-order chi connectivity index (χ1) is 15.7. The molecule has 0 aromatic rings. The molecule has 0 radical (unpaired) electrons. The third kappa shape index (κ3) is 7.96. The van der Waals surface area contributed by atoms with E-state index in [4.69, 9.17) is 19.5 Å². The summed E-state index contributed by atoms with van der Waals surface area (Å²) in [6, 6.07) is 0.465. The zero-order valence-corrected chi connectivity index (χ0v) is 20.5. The van der Waals surface area contributed by atoms with E-state index >= 15 is 0 Å². The molecule has 6 N–H and O–H groups in total. The smallest absolute Gasteiger partial charge is 0.348 e. The van der Waals surface area contributed by atoms with Gasteiger partial charge in [-0.05, 0) is 47.0 Å². The molecule has 34 heavy (non-hydrogen) atoms. The summed E-state index contributed by atoms with van der Waals surface area (Å²) >= 11 is 0. The average molecular weight is 489 g/mol. The molecular weight excluding hydrogens is 448 g/mol. The third-order valence-electron chi connectivity index (χ3n) is 6.15. The van der Waals surface area contributed by atoms with Crippen LogP contribution in [0, 0.1) is 11.3 Å². The molecule has 7 atom stereocenters. The van der Waals surface area contributed by atoms with Gasteiger partial charge in [-0.1, -0.05) is 13.0 Å². The van der Waals surface area contributed by atoms with Gasteiger partial charge < -0.3 is 45.1 Å². The van der Waals surface area contributed by atoms with Gasteiger partial charge in [-0.25, -0.2) is 4.79 Å². The van der Waals surface area contributed by atoms with Crippen LogP contribution in [-0.4, -0.2) is 99.2 Å². The number of nitriles is 1. The minimum absolute atomic E-state index is 0.0193. The highest BCUT2D eigenvalue weighted by atomic mass is 16.7. The van der Waals surface area contributed by atoms with Crippen molar-refractivity contribution < 1.29 is 44.5 Å². The van der Waals surface area contributed by atoms with E-state index in [1.54, 1.807) is 6.07 Å². The lowest BCUT2D eigenvalue weighted by molar-refractivity contribution is -0.369. The lowest BCUT2D eigenvalue weighted by Crippen LogP contribution is -2.79. The van der Waals surface area contributed by atoms with Crippen molar-refractivity contribution in [1.82, 2.24) is 5.32 Å². The summed E-state index contributed by atoms with van der Waals surface area (Å²) < 4.78 is 15.8. The fraction of sp³-hybridized carbons (Fsp3) is 0.826. The SMILES string of the molecule is C=C(C#N)C(=O)OCCCCCCOCC(O)CN[C@@H]1[C@](C)(O)O[C@H](C(C)O)[C@@](C)(O)[C@]1(C)O. The Morgan fingerprint density at radius 2 is 1.71 bits per heavy atom. The first-order valence-corrected chi connectivity index (χ1v) is 11.5. The van der Waals surface area contributed by atoms with E-state index in [9.17, 15) is 30.3 Å². The lowest BCUT2D eigenvalue weighted by Gasteiger charge is -2.57. The number of aliphatic hydroxyl groups is 5. The Balaban J connectivity index is 2.32. The molecule has 0 aliphatic carbocycles. The average Bonchev–Trinajstić information content (AvgIpc) is 2.74. The van der Waals surface area contributed by atoms with Crippen LogP contribution in [0.3, 0.4) is 0 Å². The topological polar surface area (TPSA) is 182 Å². The lowest BCUT2D eigenvalue weighted by atomic mass is 9.70. The molecule has 1 aliphatic heterocycles. The fourth-order valence-corrected chi connectivity index (χ4v) is 3.99. The van der Waals surface area contributed by atoms with Crippen molar-refractivity contribution in [3.05, 3.63) is 12.2 Å². The normalized spacial score (nSPS) is 33.1. The first-order valence-electron chi connectivity index (χ1n) is 11.5. The number of carbonyl (C=O) groups excluding carboxylic acids is 1. The molecule has 0 saturated carbocycles. The highest BCUT2D eigenvalue weighted by molar-refractivity contribution is 5.91. The van der Waals surface area contributed by atoms with Crippen molar-refractivity contribution in [2.75, 3.05) is 26.4 Å². The van der Waals surface area contributed by atoms with E-state index in [2.05, 4.69) is 11.9 Å². The standard InChI is InChI=1S/C23H40N2O9/c1-15(12-24)19(28)33-11-9-7-6-8-10-32-14-17(27)13-25-20-22(4,30)21(3,29)18(16(2)26)34-23(20,5)31/h16-18,20,25-27,29-31H,1,6-11,13-14H2,2-5H3/t16?,17?,18-,20+,21-,22-,23-/m1/s1. The van der Waals surface area contributed by atoms with E-state index in [1.165, 1.54) is 27.7 Å². The minimum atomic E-state index is -1.93. The number of hydrogen-bond acceptors (Lipinski definition) is 11. The molecule has 1 rings (SSSR count). The Morgan fingerprint density at radius 3 is 2.26 bits per heavy atom. The molecule has 11 nitrogen and oxygen atoms in total. The monoisotopic (exact) mass is 488 g/mol. The van der Waals surface area contributed by atoms with Gasteiger partial charge in [0, 0.05) is 13.2 Å². The molecule has 0 bridgehead atoms. The zero-order valence-electron chi connectivity index (χ0n) is 20.5. The molecule has 1 heterocycles. The summed E-state index contributed by atoms with van der Waals surface area (Å²) in [4.78, 5) is 11.3. The van der Waals surface area contributed by atoms with Gasteiger partial charge >= 0.3 is 5.97 Å². The third-order valence-corrected chi connectivity index (χ3v) is 6.15. The summed E-state index contributed by atoms with van der Waals surface area (Å²) in [6.45, 7) is 9.24. The highest BCUT2D eigenvalue weighted by Gasteiger charge is 2.64. The maximum atomic E-state index is 11.3. The summed E-state index contributed by atoms with van der Waals surface area (Å²) in [5.41, 5.74) is -4.00. The number of aliphatic hydroxyl groups excluding tert-OH is 2. The summed E-state index contributed by atoms with van der Waals surface area (Å²) in [5, 5.41) is 64.1. The highest BCUT2D eigenvalue weighted by Crippen LogP contribution is 2.42. The van der Waals surface area contributed by atoms with E-state index in [0.717, 1.165) is 19.3 Å². The summed E-state index contributed by atoms with van der Waals surface area (Å²) in [6.07, 6.45) is -0.296. The number of hydrogen-bond donors (Lipinski definition) is 6. The Bertz CT molecular complexity index is 716. The van der Waals surface area contributed by atoms with Crippen LogP contribution in [0.15, 0.2) is 12.2 Å². The van der Waals surface area contributed by atoms with Gasteiger partial charge in [0.05, 0.1) is 31.5 Å². The molecule has 196 valence electrons. The summed E-state index contributed by atoms with van der Waals surface area (Å²) in [5.74, 6) is -2.63. The van der Waals surface area contributed by atoms with E-state index in [1.807, 2.05) is 0 Å². The molecular formula is C23H40N2O9. The van der Waals surface area contributed by atoms with Gasteiger partial charge in [0.1, 0.15) is 28.9 Å². The molecule has 0 aromatic heterocycles. The van der Waals surface area contributed by atoms with Crippen LogP contribution in [0.25, 0.3) is 0 Å². The number of carbonyl (C=O) groups is 1. The second-order valence-corrected chi connectivity index (χ2v) is 9.34. The molecule has 0 spiro atoms. The number of nitrogens with zero attached hydrogens (tertiary/aromatic N) is 1. The van der Waals surface area contributed by atoms with Crippen molar-refractivity contribution in [2.45, 2.75) is 94.7 Å². The van der Waals surface area contributed by atoms with Crippen LogP contribution in [0.2, 0.25) is 0 Å². The molecule has 11 heteroatoms. The maximum absolute atomic E-state index is 11.3. The van der Waals surface area contributed by atoms with E-state index < -0.39 is 47.3 Å². The van der Waals surface area contributed by atoms with Crippen LogP contribution in [-0.2, 0) is 19.0 Å². The molecule has 2 unspecified atom stereocenters. The molecule has 1 fully saturated rings. The van der Waals surface area contributed by atoms with E-state index in [0.29, 0.717) is 13.0 Å². The second-order valence-electron chi connectivity index (χ2n) is 9.34. The van der Waals surface area contributed by atoms with Crippen molar-refractivity contribution in [2.24, 2.45) is 0 Å². The van der Waals surface area contributed by atoms with Crippen LogP contribution in [0.5, 0.6) is 0 Å². The number of rotatable bonds is 14. The van der Waals surface area contributed by atoms with Crippen LogP contribution in [0.4, 0.5) is 0 Å². The molecule has 1 aliphatic rings. The quantitative estimate of drug-likeness (QED) is 0.0802. The second kappa shape index (κ2) is 12.9. The summed E-state index contributed by atoms with van der Waals surface area (Å²) in [7, 11) is 0. The number of unbranched alkanes of at least 4 members (excludes halogenated alkanes) is 3. The molecule has 0 aromatic carbocycles. The fourth-order valence-electron chi connectivity index (χ4n) is 3.99. The van der Waals surface area contributed by atoms with Gasteiger partial charge in [0.2, 0.25) is 0 Å². The van der Waals surface area contributed by atoms with Crippen molar-refractivity contribution >= 4 is 5.97 Å². The number of esters is 1. The van der Waals surface area contributed by atoms with Gasteiger partial charge in [0.15, 0.2) is 5.79 Å². The number of ether oxygens (including phenoxy) is 3. The Morgan fingerprint density at radius 1 is 1.12 bits per heavy atom. The predicted octanol–water partition coefficient (Wildman–Crippen LogP) is -0.504. The van der Waals surface area contributed by atoms with Crippen LogP contribution in [0.1, 0.15) is 53.4 Å². The first kappa shape index (κ1) is 30.4. The number of nitrogens with one attached hydrogen (secondary N) is 1. The van der Waals surface area contributed by atoms with Crippen LogP contribution < -0.4 is 5.32 Å². The molecule has 0 amide bonds. The maximum Gasteiger partial charge on any atom is 0.348 e.